The molecule has 1 amide bonds. The first-order valence-corrected chi connectivity index (χ1v) is 10.4. The second-order valence-electron chi connectivity index (χ2n) is 6.01. The molecule has 1 N–H and O–H groups in total. The van der Waals surface area contributed by atoms with E-state index in [2.05, 4.69) is 4.72 Å². The molecular weight excluding hydrogens is 380 g/mol. The summed E-state index contributed by atoms with van der Waals surface area (Å²) >= 11 is 5.91. The highest BCUT2D eigenvalue weighted by Gasteiger charge is 2.29. The fraction of sp³-hybridized carbons (Fsp3) is 0.529. The van der Waals surface area contributed by atoms with Crippen LogP contribution in [-0.2, 0) is 24.3 Å². The van der Waals surface area contributed by atoms with Crippen molar-refractivity contribution < 1.29 is 22.7 Å². The highest BCUT2D eigenvalue weighted by molar-refractivity contribution is 7.89. The molecule has 144 valence electrons. The van der Waals surface area contributed by atoms with E-state index in [9.17, 15) is 18.0 Å². The Morgan fingerprint density at radius 1 is 1.35 bits per heavy atom. The van der Waals surface area contributed by atoms with E-state index < -0.39 is 10.0 Å². The Balaban J connectivity index is 1.86. The molecule has 0 bridgehead atoms. The number of sulfonamides is 1. The van der Waals surface area contributed by atoms with Gasteiger partial charge in [0.05, 0.1) is 17.5 Å². The van der Waals surface area contributed by atoms with Gasteiger partial charge >= 0.3 is 5.97 Å². The molecule has 1 aliphatic rings. The number of carbonyl (C=O) groups excluding carboxylic acids is 2. The lowest BCUT2D eigenvalue weighted by molar-refractivity contribution is -0.151. The Bertz CT molecular complexity index is 753. The first kappa shape index (κ1) is 20.7. The molecule has 0 spiro atoms. The van der Waals surface area contributed by atoms with Crippen LogP contribution in [0, 0.1) is 5.92 Å². The number of piperidine rings is 1. The maximum atomic E-state index is 12.3. The molecule has 1 heterocycles. The quantitative estimate of drug-likeness (QED) is 0.702. The lowest BCUT2D eigenvalue weighted by atomic mass is 9.98. The van der Waals surface area contributed by atoms with Crippen LogP contribution in [-0.4, -0.2) is 51.4 Å². The van der Waals surface area contributed by atoms with Crippen molar-refractivity contribution in [1.82, 2.24) is 9.62 Å². The number of carbonyl (C=O) groups is 2. The zero-order chi connectivity index (χ0) is 19.2. The monoisotopic (exact) mass is 402 g/mol. The maximum Gasteiger partial charge on any atom is 0.310 e. The second-order valence-corrected chi connectivity index (χ2v) is 8.15. The molecule has 1 aromatic rings. The number of hydrogen-bond donors (Lipinski definition) is 1. The summed E-state index contributed by atoms with van der Waals surface area (Å²) in [5, 5.41) is 0.125. The van der Waals surface area contributed by atoms with Gasteiger partial charge in [-0.3, -0.25) is 9.59 Å². The number of rotatable bonds is 7. The molecule has 9 heteroatoms. The van der Waals surface area contributed by atoms with Crippen LogP contribution >= 0.6 is 11.6 Å². The van der Waals surface area contributed by atoms with E-state index in [0.717, 1.165) is 6.42 Å². The number of amides is 1. The van der Waals surface area contributed by atoms with E-state index in [0.29, 0.717) is 26.1 Å². The summed E-state index contributed by atoms with van der Waals surface area (Å²) in [6, 6.07) is 6.11. The third-order valence-corrected chi connectivity index (χ3v) is 6.11. The Morgan fingerprint density at radius 3 is 2.77 bits per heavy atom. The molecular formula is C17H23ClN2O5S. The summed E-state index contributed by atoms with van der Waals surface area (Å²) in [5.74, 6) is -0.794. The Hall–Kier alpha value is -1.64. The normalized spacial score (nSPS) is 17.8. The summed E-state index contributed by atoms with van der Waals surface area (Å²) in [4.78, 5) is 25.7. The number of nitrogens with one attached hydrogen (secondary N) is 1. The van der Waals surface area contributed by atoms with Crippen LogP contribution in [0.1, 0.15) is 26.2 Å². The largest absolute Gasteiger partial charge is 0.466 e. The number of halogens is 1. The van der Waals surface area contributed by atoms with Crippen molar-refractivity contribution in [2.24, 2.45) is 5.92 Å². The topological polar surface area (TPSA) is 92.8 Å². The van der Waals surface area contributed by atoms with Gasteiger partial charge in [-0.25, -0.2) is 13.1 Å². The molecule has 0 saturated carbocycles. The molecule has 1 atom stereocenters. The minimum atomic E-state index is -3.78. The van der Waals surface area contributed by atoms with Crippen molar-refractivity contribution in [1.29, 1.82) is 0 Å². The molecule has 1 saturated heterocycles. The fourth-order valence-corrected chi connectivity index (χ4v) is 4.40. The first-order valence-electron chi connectivity index (χ1n) is 8.53. The molecule has 1 fully saturated rings. The molecule has 2 rings (SSSR count). The third kappa shape index (κ3) is 5.43. The maximum absolute atomic E-state index is 12.3. The van der Waals surface area contributed by atoms with Gasteiger partial charge in [-0.15, -0.1) is 0 Å². The van der Waals surface area contributed by atoms with Gasteiger partial charge in [-0.05, 0) is 31.9 Å². The van der Waals surface area contributed by atoms with Crippen molar-refractivity contribution in [2.45, 2.75) is 31.1 Å². The SMILES string of the molecule is CCOC(=O)C1CCCN(C(=O)CCNS(=O)(=O)c2ccccc2Cl)C1. The van der Waals surface area contributed by atoms with E-state index in [1.807, 2.05) is 0 Å². The molecule has 1 unspecified atom stereocenters. The average Bonchev–Trinajstić information content (AvgIpc) is 2.62. The molecule has 0 aliphatic carbocycles. The summed E-state index contributed by atoms with van der Waals surface area (Å²) in [5.41, 5.74) is 0. The Labute approximate surface area is 158 Å². The standard InChI is InChI=1S/C17H23ClN2O5S/c1-2-25-17(22)13-6-5-11-20(12-13)16(21)9-10-19-26(23,24)15-8-4-3-7-14(15)18/h3-4,7-8,13,19H,2,5-6,9-12H2,1H3. The van der Waals surface area contributed by atoms with Crippen molar-refractivity contribution in [2.75, 3.05) is 26.2 Å². The van der Waals surface area contributed by atoms with Crippen molar-refractivity contribution >= 4 is 33.5 Å². The Morgan fingerprint density at radius 2 is 2.08 bits per heavy atom. The van der Waals surface area contributed by atoms with E-state index in [-0.39, 0.29) is 40.7 Å². The van der Waals surface area contributed by atoms with Gasteiger partial charge in [0.2, 0.25) is 15.9 Å². The highest BCUT2D eigenvalue weighted by atomic mass is 35.5. The average molecular weight is 403 g/mol. The zero-order valence-electron chi connectivity index (χ0n) is 14.6. The summed E-state index contributed by atoms with van der Waals surface area (Å²) < 4.78 is 31.9. The van der Waals surface area contributed by atoms with Crippen LogP contribution in [0.15, 0.2) is 29.2 Å². The van der Waals surface area contributed by atoms with Gasteiger partial charge in [0.25, 0.3) is 0 Å². The van der Waals surface area contributed by atoms with E-state index in [1.54, 1.807) is 24.0 Å². The predicted molar refractivity (Wildman–Crippen MR) is 97.2 cm³/mol. The number of esters is 1. The lowest BCUT2D eigenvalue weighted by Crippen LogP contribution is -2.43. The third-order valence-electron chi connectivity index (χ3n) is 4.15. The second kappa shape index (κ2) is 9.34. The smallest absolute Gasteiger partial charge is 0.310 e. The number of ether oxygens (including phenoxy) is 1. The van der Waals surface area contributed by atoms with Crippen LogP contribution in [0.4, 0.5) is 0 Å². The molecule has 0 radical (unpaired) electrons. The minimum Gasteiger partial charge on any atom is -0.466 e. The lowest BCUT2D eigenvalue weighted by Gasteiger charge is -2.31. The molecule has 7 nitrogen and oxygen atoms in total. The van der Waals surface area contributed by atoms with E-state index in [1.165, 1.54) is 12.1 Å². The van der Waals surface area contributed by atoms with Gasteiger partial charge in [0.15, 0.2) is 0 Å². The number of likely N-dealkylation sites (tertiary alicyclic amines) is 1. The molecule has 0 aromatic heterocycles. The van der Waals surface area contributed by atoms with E-state index >= 15 is 0 Å². The molecule has 26 heavy (non-hydrogen) atoms. The van der Waals surface area contributed by atoms with Gasteiger partial charge in [0, 0.05) is 26.1 Å². The zero-order valence-corrected chi connectivity index (χ0v) is 16.2. The van der Waals surface area contributed by atoms with Gasteiger partial charge in [0.1, 0.15) is 4.90 Å². The molecule has 1 aliphatic heterocycles. The van der Waals surface area contributed by atoms with Gasteiger partial charge in [-0.1, -0.05) is 23.7 Å². The number of nitrogens with zero attached hydrogens (tertiary/aromatic N) is 1. The molecule has 1 aromatic carbocycles. The van der Waals surface area contributed by atoms with Crippen molar-refractivity contribution in [3.05, 3.63) is 29.3 Å². The first-order chi connectivity index (χ1) is 12.3. The van der Waals surface area contributed by atoms with Crippen molar-refractivity contribution in [3.63, 3.8) is 0 Å². The van der Waals surface area contributed by atoms with Crippen LogP contribution in [0.2, 0.25) is 5.02 Å². The highest BCUT2D eigenvalue weighted by Crippen LogP contribution is 2.21. The van der Waals surface area contributed by atoms with Gasteiger partial charge < -0.3 is 9.64 Å². The number of benzene rings is 1. The number of hydrogen-bond acceptors (Lipinski definition) is 5. The van der Waals surface area contributed by atoms with Crippen LogP contribution in [0.25, 0.3) is 0 Å². The van der Waals surface area contributed by atoms with Gasteiger partial charge in [-0.2, -0.15) is 0 Å². The summed E-state index contributed by atoms with van der Waals surface area (Å²) in [7, 11) is -3.78. The van der Waals surface area contributed by atoms with Crippen LogP contribution in [0.5, 0.6) is 0 Å². The van der Waals surface area contributed by atoms with Crippen LogP contribution < -0.4 is 4.72 Å². The van der Waals surface area contributed by atoms with E-state index in [4.69, 9.17) is 16.3 Å². The Kier molecular flexibility index (Phi) is 7.43. The fourth-order valence-electron chi connectivity index (χ4n) is 2.85. The van der Waals surface area contributed by atoms with Crippen molar-refractivity contribution in [3.8, 4) is 0 Å². The minimum absolute atomic E-state index is 0.0131. The summed E-state index contributed by atoms with van der Waals surface area (Å²) in [6.07, 6.45) is 1.43. The predicted octanol–water partition coefficient (Wildman–Crippen LogP) is 1.81. The summed E-state index contributed by atoms with van der Waals surface area (Å²) in [6.45, 7) is 2.90. The van der Waals surface area contributed by atoms with Crippen LogP contribution in [0.3, 0.4) is 0 Å².